The minimum Gasteiger partial charge on any atom is -0.406 e. The van der Waals surface area contributed by atoms with Crippen molar-refractivity contribution in [1.29, 1.82) is 0 Å². The van der Waals surface area contributed by atoms with Crippen LogP contribution >= 0.6 is 0 Å². The van der Waals surface area contributed by atoms with Crippen LogP contribution < -0.4 is 10.5 Å². The molecule has 2 aromatic carbocycles. The summed E-state index contributed by atoms with van der Waals surface area (Å²) in [5, 5.41) is 0. The number of hydrogen-bond acceptors (Lipinski definition) is 3. The molecule has 0 aliphatic heterocycles. The van der Waals surface area contributed by atoms with Gasteiger partial charge in [-0.25, -0.2) is 0 Å². The molecule has 2 rings (SSSR count). The van der Waals surface area contributed by atoms with Crippen molar-refractivity contribution in [3.63, 3.8) is 0 Å². The average molecular weight is 337 g/mol. The first kappa shape index (κ1) is 18.0. The molecule has 0 atom stereocenters. The number of ketones is 1. The molecule has 24 heavy (non-hydrogen) atoms. The second-order valence-corrected chi connectivity index (χ2v) is 5.44. The van der Waals surface area contributed by atoms with Gasteiger partial charge in [0.25, 0.3) is 0 Å². The molecule has 0 fully saturated rings. The first-order valence-electron chi connectivity index (χ1n) is 7.50. The van der Waals surface area contributed by atoms with Gasteiger partial charge in [-0.2, -0.15) is 0 Å². The number of carbonyl (C=O) groups is 1. The summed E-state index contributed by atoms with van der Waals surface area (Å²) in [6.45, 7) is 0.576. The van der Waals surface area contributed by atoms with Gasteiger partial charge in [0.05, 0.1) is 0 Å². The van der Waals surface area contributed by atoms with E-state index in [1.54, 1.807) is 0 Å². The molecular formula is C18H18F3NO2. The van der Waals surface area contributed by atoms with Crippen LogP contribution in [0.1, 0.15) is 16.7 Å². The van der Waals surface area contributed by atoms with Crippen LogP contribution in [-0.2, 0) is 24.1 Å². The number of halogens is 3. The van der Waals surface area contributed by atoms with Gasteiger partial charge in [-0.15, -0.1) is 13.2 Å². The van der Waals surface area contributed by atoms with Crippen molar-refractivity contribution in [3.05, 3.63) is 65.2 Å². The smallest absolute Gasteiger partial charge is 0.406 e. The quantitative estimate of drug-likeness (QED) is 0.842. The highest BCUT2D eigenvalue weighted by molar-refractivity contribution is 5.83. The predicted octanol–water partition coefficient (Wildman–Crippen LogP) is 3.44. The van der Waals surface area contributed by atoms with E-state index in [-0.39, 0.29) is 24.4 Å². The maximum absolute atomic E-state index is 12.1. The molecule has 0 bridgehead atoms. The molecule has 0 unspecified atom stereocenters. The highest BCUT2D eigenvalue weighted by atomic mass is 19.4. The van der Waals surface area contributed by atoms with Gasteiger partial charge in [0.2, 0.25) is 0 Å². The van der Waals surface area contributed by atoms with Crippen LogP contribution in [-0.4, -0.2) is 18.7 Å². The largest absolute Gasteiger partial charge is 0.573 e. The van der Waals surface area contributed by atoms with Crippen molar-refractivity contribution in [2.75, 3.05) is 6.54 Å². The molecule has 0 amide bonds. The molecule has 2 N–H and O–H groups in total. The van der Waals surface area contributed by atoms with Crippen LogP contribution in [0.4, 0.5) is 13.2 Å². The van der Waals surface area contributed by atoms with Crippen LogP contribution in [0.3, 0.4) is 0 Å². The van der Waals surface area contributed by atoms with Crippen LogP contribution in [0.5, 0.6) is 5.75 Å². The average Bonchev–Trinajstić information content (AvgIpc) is 2.50. The van der Waals surface area contributed by atoms with Crippen molar-refractivity contribution < 1.29 is 22.7 Å². The normalized spacial score (nSPS) is 11.3. The van der Waals surface area contributed by atoms with E-state index in [4.69, 9.17) is 5.73 Å². The van der Waals surface area contributed by atoms with E-state index < -0.39 is 6.36 Å². The SMILES string of the molecule is NCCc1ccc(CC(=O)Cc2ccc(OC(F)(F)F)cc2)cc1. The monoisotopic (exact) mass is 337 g/mol. The summed E-state index contributed by atoms with van der Waals surface area (Å²) in [5.74, 6) is -0.305. The van der Waals surface area contributed by atoms with E-state index in [9.17, 15) is 18.0 Å². The van der Waals surface area contributed by atoms with Gasteiger partial charge >= 0.3 is 6.36 Å². The van der Waals surface area contributed by atoms with E-state index in [1.807, 2.05) is 24.3 Å². The molecule has 0 aliphatic rings. The Kier molecular flexibility index (Phi) is 5.98. The zero-order valence-electron chi connectivity index (χ0n) is 13.0. The fourth-order valence-electron chi connectivity index (χ4n) is 2.32. The Balaban J connectivity index is 1.89. The van der Waals surface area contributed by atoms with Gasteiger partial charge in [0.15, 0.2) is 0 Å². The van der Waals surface area contributed by atoms with Gasteiger partial charge in [0.1, 0.15) is 11.5 Å². The number of nitrogens with two attached hydrogens (primary N) is 1. The Morgan fingerprint density at radius 3 is 1.79 bits per heavy atom. The molecule has 6 heteroatoms. The number of alkyl halides is 3. The fraction of sp³-hybridized carbons (Fsp3) is 0.278. The van der Waals surface area contributed by atoms with Crippen LogP contribution in [0.2, 0.25) is 0 Å². The molecular weight excluding hydrogens is 319 g/mol. The third-order valence-electron chi connectivity index (χ3n) is 3.42. The maximum atomic E-state index is 12.1. The standard InChI is InChI=1S/C18H18F3NO2/c19-18(20,21)24-17-7-5-15(6-8-17)12-16(23)11-14-3-1-13(2-4-14)9-10-22/h1-8H,9-12,22H2. The Morgan fingerprint density at radius 2 is 1.33 bits per heavy atom. The molecule has 0 radical (unpaired) electrons. The highest BCUT2D eigenvalue weighted by Crippen LogP contribution is 2.23. The van der Waals surface area contributed by atoms with E-state index in [1.165, 1.54) is 24.3 Å². The Bertz CT molecular complexity index is 664. The first-order valence-corrected chi connectivity index (χ1v) is 7.50. The third kappa shape index (κ3) is 6.04. The van der Waals surface area contributed by atoms with Crippen molar-refractivity contribution in [1.82, 2.24) is 0 Å². The Hall–Kier alpha value is -2.34. The molecule has 2 aromatic rings. The topological polar surface area (TPSA) is 52.3 Å². The summed E-state index contributed by atoms with van der Waals surface area (Å²) >= 11 is 0. The summed E-state index contributed by atoms with van der Waals surface area (Å²) in [5.41, 5.74) is 8.15. The summed E-state index contributed by atoms with van der Waals surface area (Å²) < 4.78 is 40.1. The molecule has 3 nitrogen and oxygen atoms in total. The molecule has 0 aliphatic carbocycles. The Morgan fingerprint density at radius 1 is 0.875 bits per heavy atom. The van der Waals surface area contributed by atoms with Gasteiger partial charge in [-0.1, -0.05) is 36.4 Å². The molecule has 128 valence electrons. The lowest BCUT2D eigenvalue weighted by Crippen LogP contribution is -2.17. The van der Waals surface area contributed by atoms with Crippen LogP contribution in [0.25, 0.3) is 0 Å². The van der Waals surface area contributed by atoms with Crippen molar-refractivity contribution in [2.24, 2.45) is 5.73 Å². The Labute approximate surface area is 138 Å². The van der Waals surface area contributed by atoms with Gasteiger partial charge in [-0.05, 0) is 41.8 Å². The van der Waals surface area contributed by atoms with Gasteiger partial charge < -0.3 is 10.5 Å². The van der Waals surface area contributed by atoms with Crippen molar-refractivity contribution in [2.45, 2.75) is 25.6 Å². The number of rotatable bonds is 7. The summed E-state index contributed by atoms with van der Waals surface area (Å²) in [4.78, 5) is 12.1. The molecule has 0 aromatic heterocycles. The summed E-state index contributed by atoms with van der Waals surface area (Å²) in [6.07, 6.45) is -3.48. The second-order valence-electron chi connectivity index (χ2n) is 5.44. The lowest BCUT2D eigenvalue weighted by Gasteiger charge is -2.09. The van der Waals surface area contributed by atoms with E-state index in [0.717, 1.165) is 17.5 Å². The van der Waals surface area contributed by atoms with E-state index >= 15 is 0 Å². The van der Waals surface area contributed by atoms with Crippen LogP contribution in [0, 0.1) is 0 Å². The van der Waals surface area contributed by atoms with Gasteiger partial charge in [0, 0.05) is 12.8 Å². The van der Waals surface area contributed by atoms with E-state index in [2.05, 4.69) is 4.74 Å². The lowest BCUT2D eigenvalue weighted by atomic mass is 10.0. The fourth-order valence-corrected chi connectivity index (χ4v) is 2.32. The number of ether oxygens (including phenoxy) is 1. The first-order chi connectivity index (χ1) is 11.4. The van der Waals surface area contributed by atoms with Gasteiger partial charge in [-0.3, -0.25) is 4.79 Å². The number of hydrogen-bond donors (Lipinski definition) is 1. The molecule has 0 saturated heterocycles. The van der Waals surface area contributed by atoms with E-state index in [0.29, 0.717) is 12.1 Å². The molecule has 0 spiro atoms. The third-order valence-corrected chi connectivity index (χ3v) is 3.42. The lowest BCUT2D eigenvalue weighted by molar-refractivity contribution is -0.274. The zero-order valence-corrected chi connectivity index (χ0v) is 13.0. The minimum atomic E-state index is -4.71. The second kappa shape index (κ2) is 7.97. The summed E-state index contributed by atoms with van der Waals surface area (Å²) in [6, 6.07) is 13.0. The molecule has 0 heterocycles. The maximum Gasteiger partial charge on any atom is 0.573 e. The zero-order chi connectivity index (χ0) is 17.6. The minimum absolute atomic E-state index is 0.00827. The summed E-state index contributed by atoms with van der Waals surface area (Å²) in [7, 11) is 0. The number of benzene rings is 2. The van der Waals surface area contributed by atoms with Crippen molar-refractivity contribution >= 4 is 5.78 Å². The predicted molar refractivity (Wildman–Crippen MR) is 84.7 cm³/mol. The van der Waals surface area contributed by atoms with Crippen LogP contribution in [0.15, 0.2) is 48.5 Å². The number of Topliss-reactive ketones (excluding diaryl/α,β-unsaturated/α-hetero) is 1. The highest BCUT2D eigenvalue weighted by Gasteiger charge is 2.30. The molecule has 0 saturated carbocycles. The number of carbonyl (C=O) groups excluding carboxylic acids is 1. The van der Waals surface area contributed by atoms with Crippen molar-refractivity contribution in [3.8, 4) is 5.75 Å².